The summed E-state index contributed by atoms with van der Waals surface area (Å²) in [5.41, 5.74) is -1.16. The summed E-state index contributed by atoms with van der Waals surface area (Å²) in [6.45, 7) is 1.19. The minimum absolute atomic E-state index is 0.00235. The van der Waals surface area contributed by atoms with E-state index in [1.807, 2.05) is 0 Å². The number of hydrogen-bond acceptors (Lipinski definition) is 2. The van der Waals surface area contributed by atoms with Crippen LogP contribution in [0.1, 0.15) is 22.8 Å². The first kappa shape index (κ1) is 16.5. The Kier molecular flexibility index (Phi) is 4.68. The summed E-state index contributed by atoms with van der Waals surface area (Å²) >= 11 is 0. The average molecular weight is 322 g/mol. The summed E-state index contributed by atoms with van der Waals surface area (Å²) in [6.07, 6.45) is -4.67. The van der Waals surface area contributed by atoms with E-state index in [9.17, 15) is 22.8 Å². The standard InChI is InChI=1S/C16H13F3N2O2/c1-10(22)20-12-7-8-14(13(9-12)16(17,18)19)21-15(23)11-5-3-2-4-6-11/h2-9H,1H3,(H,20,22)(H,21,23). The molecule has 0 aliphatic rings. The van der Waals surface area contributed by atoms with Gasteiger partial charge < -0.3 is 10.6 Å². The van der Waals surface area contributed by atoms with Crippen molar-refractivity contribution in [1.29, 1.82) is 0 Å². The highest BCUT2D eigenvalue weighted by molar-refractivity contribution is 6.04. The lowest BCUT2D eigenvalue weighted by Crippen LogP contribution is -2.17. The van der Waals surface area contributed by atoms with E-state index in [4.69, 9.17) is 0 Å². The van der Waals surface area contributed by atoms with Crippen LogP contribution in [-0.4, -0.2) is 11.8 Å². The van der Waals surface area contributed by atoms with Crippen molar-refractivity contribution in [3.05, 3.63) is 59.7 Å². The second kappa shape index (κ2) is 6.51. The highest BCUT2D eigenvalue weighted by Gasteiger charge is 2.34. The molecule has 0 saturated carbocycles. The van der Waals surface area contributed by atoms with E-state index in [1.165, 1.54) is 25.1 Å². The fraction of sp³-hybridized carbons (Fsp3) is 0.125. The molecule has 2 rings (SSSR count). The van der Waals surface area contributed by atoms with Crippen LogP contribution >= 0.6 is 0 Å². The predicted molar refractivity (Wildman–Crippen MR) is 80.1 cm³/mol. The fourth-order valence-corrected chi connectivity index (χ4v) is 1.95. The number of carbonyl (C=O) groups is 2. The van der Waals surface area contributed by atoms with E-state index in [1.54, 1.807) is 18.2 Å². The molecule has 0 radical (unpaired) electrons. The van der Waals surface area contributed by atoms with Crippen LogP contribution in [0.15, 0.2) is 48.5 Å². The van der Waals surface area contributed by atoms with Crippen LogP contribution in [0.2, 0.25) is 0 Å². The maximum Gasteiger partial charge on any atom is 0.418 e. The molecule has 4 nitrogen and oxygen atoms in total. The summed E-state index contributed by atoms with van der Waals surface area (Å²) in [6, 6.07) is 11.1. The Morgan fingerprint density at radius 1 is 0.957 bits per heavy atom. The van der Waals surface area contributed by atoms with Gasteiger partial charge >= 0.3 is 6.18 Å². The van der Waals surface area contributed by atoms with Gasteiger partial charge in [0.05, 0.1) is 11.3 Å². The highest BCUT2D eigenvalue weighted by atomic mass is 19.4. The zero-order chi connectivity index (χ0) is 17.0. The van der Waals surface area contributed by atoms with E-state index in [0.29, 0.717) is 0 Å². The van der Waals surface area contributed by atoms with Gasteiger partial charge in [0.15, 0.2) is 0 Å². The summed E-state index contributed by atoms with van der Waals surface area (Å²) in [5, 5.41) is 4.52. The topological polar surface area (TPSA) is 58.2 Å². The molecule has 7 heteroatoms. The van der Waals surface area contributed by atoms with E-state index >= 15 is 0 Å². The van der Waals surface area contributed by atoms with Crippen molar-refractivity contribution in [2.45, 2.75) is 13.1 Å². The van der Waals surface area contributed by atoms with Gasteiger partial charge in [0, 0.05) is 18.2 Å². The van der Waals surface area contributed by atoms with Gasteiger partial charge in [0.2, 0.25) is 5.91 Å². The van der Waals surface area contributed by atoms with Crippen molar-refractivity contribution in [3.8, 4) is 0 Å². The second-order valence-corrected chi connectivity index (χ2v) is 4.76. The minimum Gasteiger partial charge on any atom is -0.326 e. The number of rotatable bonds is 3. The van der Waals surface area contributed by atoms with Crippen molar-refractivity contribution in [2.24, 2.45) is 0 Å². The molecule has 23 heavy (non-hydrogen) atoms. The number of halogens is 3. The monoisotopic (exact) mass is 322 g/mol. The first-order valence-corrected chi connectivity index (χ1v) is 6.62. The number of carbonyl (C=O) groups excluding carboxylic acids is 2. The van der Waals surface area contributed by atoms with Crippen molar-refractivity contribution in [3.63, 3.8) is 0 Å². The van der Waals surface area contributed by atoms with Gasteiger partial charge in [0.1, 0.15) is 0 Å². The molecule has 0 unspecified atom stereocenters. The highest BCUT2D eigenvalue weighted by Crippen LogP contribution is 2.36. The molecule has 0 bridgehead atoms. The molecule has 120 valence electrons. The zero-order valence-corrected chi connectivity index (χ0v) is 12.1. The van der Waals surface area contributed by atoms with Crippen LogP contribution in [0.3, 0.4) is 0 Å². The molecular weight excluding hydrogens is 309 g/mol. The summed E-state index contributed by atoms with van der Waals surface area (Å²) in [4.78, 5) is 23.0. The molecule has 2 aromatic rings. The third kappa shape index (κ3) is 4.32. The Hall–Kier alpha value is -2.83. The van der Waals surface area contributed by atoms with Crippen molar-refractivity contribution < 1.29 is 22.8 Å². The lowest BCUT2D eigenvalue weighted by atomic mass is 10.1. The smallest absolute Gasteiger partial charge is 0.326 e. The van der Waals surface area contributed by atoms with Crippen LogP contribution in [0, 0.1) is 0 Å². The number of hydrogen-bond donors (Lipinski definition) is 2. The summed E-state index contributed by atoms with van der Waals surface area (Å²) < 4.78 is 39.5. The Balaban J connectivity index is 2.34. The molecular formula is C16H13F3N2O2. The van der Waals surface area contributed by atoms with Crippen LogP contribution in [0.4, 0.5) is 24.5 Å². The molecule has 0 spiro atoms. The largest absolute Gasteiger partial charge is 0.418 e. The molecule has 2 aromatic carbocycles. The number of amides is 2. The Morgan fingerprint density at radius 3 is 2.17 bits per heavy atom. The first-order chi connectivity index (χ1) is 10.8. The van der Waals surface area contributed by atoms with Gasteiger partial charge in [-0.15, -0.1) is 0 Å². The molecule has 0 aliphatic carbocycles. The van der Waals surface area contributed by atoms with Crippen LogP contribution in [0.5, 0.6) is 0 Å². The van der Waals surface area contributed by atoms with Crippen LogP contribution in [-0.2, 0) is 11.0 Å². The van der Waals surface area contributed by atoms with E-state index in [0.717, 1.165) is 12.1 Å². The van der Waals surface area contributed by atoms with Crippen LogP contribution in [0.25, 0.3) is 0 Å². The number of nitrogens with one attached hydrogen (secondary N) is 2. The molecule has 2 amide bonds. The first-order valence-electron chi connectivity index (χ1n) is 6.62. The molecule has 0 saturated heterocycles. The fourth-order valence-electron chi connectivity index (χ4n) is 1.95. The molecule has 0 heterocycles. The number of benzene rings is 2. The van der Waals surface area contributed by atoms with Crippen molar-refractivity contribution >= 4 is 23.2 Å². The quantitative estimate of drug-likeness (QED) is 0.900. The normalized spacial score (nSPS) is 11.0. The Labute approximate surface area is 130 Å². The second-order valence-electron chi connectivity index (χ2n) is 4.76. The lowest BCUT2D eigenvalue weighted by molar-refractivity contribution is -0.137. The van der Waals surface area contributed by atoms with Crippen molar-refractivity contribution in [1.82, 2.24) is 0 Å². The minimum atomic E-state index is -4.67. The van der Waals surface area contributed by atoms with Crippen molar-refractivity contribution in [2.75, 3.05) is 10.6 Å². The number of anilines is 2. The predicted octanol–water partition coefficient (Wildman–Crippen LogP) is 3.92. The van der Waals surface area contributed by atoms with Gasteiger partial charge in [-0.3, -0.25) is 9.59 Å². The third-order valence-electron chi connectivity index (χ3n) is 2.93. The van der Waals surface area contributed by atoms with Gasteiger partial charge in [0.25, 0.3) is 5.91 Å². The molecule has 0 fully saturated rings. The third-order valence-corrected chi connectivity index (χ3v) is 2.93. The van der Waals surface area contributed by atoms with Gasteiger partial charge in [-0.2, -0.15) is 13.2 Å². The summed E-state index contributed by atoms with van der Waals surface area (Å²) in [5.74, 6) is -1.14. The summed E-state index contributed by atoms with van der Waals surface area (Å²) in [7, 11) is 0. The van der Waals surface area contributed by atoms with E-state index < -0.39 is 23.6 Å². The Morgan fingerprint density at radius 2 is 1.61 bits per heavy atom. The Bertz CT molecular complexity index is 728. The maximum absolute atomic E-state index is 13.2. The van der Waals surface area contributed by atoms with E-state index in [2.05, 4.69) is 10.6 Å². The van der Waals surface area contributed by atoms with Gasteiger partial charge in [-0.25, -0.2) is 0 Å². The van der Waals surface area contributed by atoms with E-state index in [-0.39, 0.29) is 16.9 Å². The SMILES string of the molecule is CC(=O)Nc1ccc(NC(=O)c2ccccc2)c(C(F)(F)F)c1. The maximum atomic E-state index is 13.2. The number of alkyl halides is 3. The molecule has 0 aliphatic heterocycles. The van der Waals surface area contributed by atoms with Gasteiger partial charge in [-0.1, -0.05) is 18.2 Å². The molecule has 2 N–H and O–H groups in total. The van der Waals surface area contributed by atoms with Gasteiger partial charge in [-0.05, 0) is 30.3 Å². The zero-order valence-electron chi connectivity index (χ0n) is 12.1. The molecule has 0 atom stereocenters. The lowest BCUT2D eigenvalue weighted by Gasteiger charge is -2.15. The van der Waals surface area contributed by atoms with Crippen LogP contribution < -0.4 is 10.6 Å². The molecule has 0 aromatic heterocycles. The average Bonchev–Trinajstić information content (AvgIpc) is 2.48.